The predicted molar refractivity (Wildman–Crippen MR) is 89.0 cm³/mol. The number of nitrogens with one attached hydrogen (secondary N) is 1. The standard InChI is InChI=1S/C17H18F2N4O4/c1-10-13(14(24)20-17(15(25)26)8-2-3-9-17)21-22-23(10)11-4-6-12(7-5-11)27-16(18)19/h4-7,16H,2-3,8-9H2,1H3,(H,20,24)(H,25,26). The third kappa shape index (κ3) is 3.74. The van der Waals surface area contributed by atoms with Crippen molar-refractivity contribution in [3.63, 3.8) is 0 Å². The molecular formula is C17H18F2N4O4. The van der Waals surface area contributed by atoms with Crippen LogP contribution >= 0.6 is 0 Å². The molecule has 0 aliphatic heterocycles. The number of carbonyl (C=O) groups is 2. The molecule has 0 atom stereocenters. The second-order valence-electron chi connectivity index (χ2n) is 6.36. The molecule has 1 aromatic carbocycles. The number of hydrogen-bond acceptors (Lipinski definition) is 5. The molecule has 2 N–H and O–H groups in total. The maximum atomic E-state index is 12.6. The van der Waals surface area contributed by atoms with E-state index in [4.69, 9.17) is 0 Å². The van der Waals surface area contributed by atoms with Gasteiger partial charge in [0.2, 0.25) is 0 Å². The van der Waals surface area contributed by atoms with E-state index in [0.717, 1.165) is 12.8 Å². The molecule has 0 unspecified atom stereocenters. The van der Waals surface area contributed by atoms with Gasteiger partial charge in [-0.15, -0.1) is 5.10 Å². The molecule has 8 nitrogen and oxygen atoms in total. The average Bonchev–Trinajstić information content (AvgIpc) is 3.23. The number of carboxylic acid groups (broad SMARTS) is 1. The highest BCUT2D eigenvalue weighted by atomic mass is 19.3. The van der Waals surface area contributed by atoms with Gasteiger partial charge in [-0.1, -0.05) is 18.1 Å². The zero-order valence-electron chi connectivity index (χ0n) is 14.5. The van der Waals surface area contributed by atoms with Crippen LogP contribution in [0.15, 0.2) is 24.3 Å². The molecule has 0 spiro atoms. The summed E-state index contributed by atoms with van der Waals surface area (Å²) in [6, 6.07) is 5.69. The van der Waals surface area contributed by atoms with Gasteiger partial charge in [0, 0.05) is 0 Å². The van der Waals surface area contributed by atoms with Crippen LogP contribution in [-0.2, 0) is 4.79 Å². The van der Waals surface area contributed by atoms with Crippen LogP contribution in [0.25, 0.3) is 5.69 Å². The Morgan fingerprint density at radius 3 is 2.44 bits per heavy atom. The third-order valence-electron chi connectivity index (χ3n) is 4.64. The van der Waals surface area contributed by atoms with E-state index in [1.165, 1.54) is 28.9 Å². The summed E-state index contributed by atoms with van der Waals surface area (Å²) in [4.78, 5) is 24.1. The van der Waals surface area contributed by atoms with Gasteiger partial charge in [0.15, 0.2) is 5.69 Å². The monoisotopic (exact) mass is 380 g/mol. The number of ether oxygens (including phenoxy) is 1. The zero-order valence-corrected chi connectivity index (χ0v) is 14.5. The topological polar surface area (TPSA) is 106 Å². The first-order valence-corrected chi connectivity index (χ1v) is 8.36. The Morgan fingerprint density at radius 2 is 1.89 bits per heavy atom. The summed E-state index contributed by atoms with van der Waals surface area (Å²) < 4.78 is 30.1. The summed E-state index contributed by atoms with van der Waals surface area (Å²) >= 11 is 0. The minimum absolute atomic E-state index is 0.00545. The molecule has 144 valence electrons. The minimum Gasteiger partial charge on any atom is -0.480 e. The van der Waals surface area contributed by atoms with E-state index in [9.17, 15) is 23.5 Å². The Bertz CT molecular complexity index is 845. The molecule has 1 aromatic heterocycles. The molecule has 0 bridgehead atoms. The largest absolute Gasteiger partial charge is 0.480 e. The van der Waals surface area contributed by atoms with Gasteiger partial charge in [-0.2, -0.15) is 8.78 Å². The van der Waals surface area contributed by atoms with Crippen molar-refractivity contribution < 1.29 is 28.2 Å². The molecule has 0 radical (unpaired) electrons. The number of carboxylic acids is 1. The second kappa shape index (κ2) is 7.29. The van der Waals surface area contributed by atoms with Gasteiger partial charge in [0.25, 0.3) is 5.91 Å². The van der Waals surface area contributed by atoms with Gasteiger partial charge in [-0.25, -0.2) is 9.48 Å². The van der Waals surface area contributed by atoms with E-state index in [-0.39, 0.29) is 11.4 Å². The van der Waals surface area contributed by atoms with Crippen LogP contribution in [0.1, 0.15) is 41.9 Å². The van der Waals surface area contributed by atoms with E-state index in [0.29, 0.717) is 24.2 Å². The average molecular weight is 380 g/mol. The van der Waals surface area contributed by atoms with Crippen molar-refractivity contribution in [3.05, 3.63) is 35.7 Å². The third-order valence-corrected chi connectivity index (χ3v) is 4.64. The fourth-order valence-corrected chi connectivity index (χ4v) is 3.20. The van der Waals surface area contributed by atoms with E-state index < -0.39 is 24.0 Å². The fraction of sp³-hybridized carbons (Fsp3) is 0.412. The first-order valence-electron chi connectivity index (χ1n) is 8.36. The quantitative estimate of drug-likeness (QED) is 0.797. The van der Waals surface area contributed by atoms with Gasteiger partial charge in [0.1, 0.15) is 11.3 Å². The van der Waals surface area contributed by atoms with Crippen molar-refractivity contribution in [3.8, 4) is 11.4 Å². The van der Waals surface area contributed by atoms with Crippen LogP contribution in [0.3, 0.4) is 0 Å². The van der Waals surface area contributed by atoms with Crippen LogP contribution in [0.2, 0.25) is 0 Å². The second-order valence-corrected chi connectivity index (χ2v) is 6.36. The summed E-state index contributed by atoms with van der Waals surface area (Å²) in [5.74, 6) is -1.68. The number of carbonyl (C=O) groups excluding carboxylic acids is 1. The van der Waals surface area contributed by atoms with Crippen LogP contribution < -0.4 is 10.1 Å². The van der Waals surface area contributed by atoms with E-state index in [2.05, 4.69) is 20.4 Å². The Kier molecular flexibility index (Phi) is 5.06. The molecule has 1 amide bonds. The first kappa shape index (κ1) is 18.7. The molecule has 3 rings (SSSR count). The highest BCUT2D eigenvalue weighted by Crippen LogP contribution is 2.30. The van der Waals surface area contributed by atoms with E-state index >= 15 is 0 Å². The molecular weight excluding hydrogens is 362 g/mol. The van der Waals surface area contributed by atoms with Crippen LogP contribution in [0.4, 0.5) is 8.78 Å². The van der Waals surface area contributed by atoms with Gasteiger partial charge < -0.3 is 15.2 Å². The Morgan fingerprint density at radius 1 is 1.26 bits per heavy atom. The lowest BCUT2D eigenvalue weighted by atomic mass is 9.97. The number of aliphatic carboxylic acids is 1. The SMILES string of the molecule is Cc1c(C(=O)NC2(C(=O)O)CCCC2)nnn1-c1ccc(OC(F)F)cc1. The normalized spacial score (nSPS) is 15.7. The fourth-order valence-electron chi connectivity index (χ4n) is 3.20. The maximum Gasteiger partial charge on any atom is 0.387 e. The lowest BCUT2D eigenvalue weighted by molar-refractivity contribution is -0.144. The minimum atomic E-state index is -2.92. The molecule has 2 aromatic rings. The van der Waals surface area contributed by atoms with Gasteiger partial charge in [-0.3, -0.25) is 4.79 Å². The summed E-state index contributed by atoms with van der Waals surface area (Å²) in [5.41, 5.74) is -0.375. The number of hydrogen-bond donors (Lipinski definition) is 2. The number of halogens is 2. The number of rotatable bonds is 6. The van der Waals surface area contributed by atoms with Crippen molar-refractivity contribution in [2.24, 2.45) is 0 Å². The van der Waals surface area contributed by atoms with Crippen LogP contribution in [0, 0.1) is 6.92 Å². The molecule has 1 saturated carbocycles. The van der Waals surface area contributed by atoms with Crippen molar-refractivity contribution in [2.45, 2.75) is 44.8 Å². The van der Waals surface area contributed by atoms with E-state index in [1.54, 1.807) is 6.92 Å². The summed E-state index contributed by atoms with van der Waals surface area (Å²) in [6.07, 6.45) is 2.19. The molecule has 1 aliphatic rings. The van der Waals surface area contributed by atoms with Crippen LogP contribution in [-0.4, -0.2) is 44.1 Å². The zero-order chi connectivity index (χ0) is 19.6. The summed E-state index contributed by atoms with van der Waals surface area (Å²) in [6.45, 7) is -1.31. The number of alkyl halides is 2. The summed E-state index contributed by atoms with van der Waals surface area (Å²) in [5, 5.41) is 19.8. The van der Waals surface area contributed by atoms with Gasteiger partial charge >= 0.3 is 12.6 Å². The highest BCUT2D eigenvalue weighted by molar-refractivity contribution is 5.97. The Balaban J connectivity index is 1.80. The van der Waals surface area contributed by atoms with Crippen LogP contribution in [0.5, 0.6) is 5.75 Å². The molecule has 0 saturated heterocycles. The Hall–Kier alpha value is -3.04. The molecule has 1 aliphatic carbocycles. The van der Waals surface area contributed by atoms with Gasteiger partial charge in [0.05, 0.1) is 11.4 Å². The molecule has 27 heavy (non-hydrogen) atoms. The number of aromatic nitrogens is 3. The van der Waals surface area contributed by atoms with Crippen molar-refractivity contribution in [2.75, 3.05) is 0 Å². The first-order chi connectivity index (χ1) is 12.8. The highest BCUT2D eigenvalue weighted by Gasteiger charge is 2.43. The maximum absolute atomic E-state index is 12.6. The van der Waals surface area contributed by atoms with E-state index in [1.807, 2.05) is 0 Å². The lowest BCUT2D eigenvalue weighted by Gasteiger charge is -2.24. The number of benzene rings is 1. The predicted octanol–water partition coefficient (Wildman–Crippen LogP) is 2.30. The van der Waals surface area contributed by atoms with Crippen molar-refractivity contribution in [1.29, 1.82) is 0 Å². The summed E-state index contributed by atoms with van der Waals surface area (Å²) in [7, 11) is 0. The van der Waals surface area contributed by atoms with Crippen molar-refractivity contribution in [1.82, 2.24) is 20.3 Å². The van der Waals surface area contributed by atoms with Crippen molar-refractivity contribution >= 4 is 11.9 Å². The smallest absolute Gasteiger partial charge is 0.387 e. The molecule has 1 fully saturated rings. The molecule has 1 heterocycles. The number of amides is 1. The number of nitrogens with zero attached hydrogens (tertiary/aromatic N) is 3. The molecule has 10 heteroatoms. The lowest BCUT2D eigenvalue weighted by Crippen LogP contribution is -2.52. The Labute approximate surface area is 153 Å². The van der Waals surface area contributed by atoms with Gasteiger partial charge in [-0.05, 0) is 44.0 Å².